The van der Waals surface area contributed by atoms with Gasteiger partial charge in [-0.25, -0.2) is 19.3 Å². The molecular weight excluding hydrogens is 322 g/mol. The Bertz CT molecular complexity index is 1160. The summed E-state index contributed by atoms with van der Waals surface area (Å²) in [4.78, 5) is 28.4. The largest absolute Gasteiger partial charge is 0.491 e. The molecule has 0 aromatic carbocycles. The highest BCUT2D eigenvalue weighted by Crippen LogP contribution is 2.27. The minimum Gasteiger partial charge on any atom is -0.491 e. The molecule has 0 fully saturated rings. The van der Waals surface area contributed by atoms with Crippen molar-refractivity contribution < 1.29 is 9.47 Å². The molecule has 4 aromatic heterocycles. The Hall–Kier alpha value is -3.42. The van der Waals surface area contributed by atoms with Crippen LogP contribution in [0.25, 0.3) is 28.0 Å². The van der Waals surface area contributed by atoms with Crippen molar-refractivity contribution in [1.29, 1.82) is 0 Å². The first-order chi connectivity index (χ1) is 12.3. The van der Waals surface area contributed by atoms with Crippen LogP contribution in [0, 0.1) is 0 Å². The summed E-state index contributed by atoms with van der Waals surface area (Å²) in [6, 6.07) is 7.08. The van der Waals surface area contributed by atoms with Gasteiger partial charge in [-0.15, -0.1) is 0 Å². The van der Waals surface area contributed by atoms with Crippen LogP contribution in [0.3, 0.4) is 0 Å². The lowest BCUT2D eigenvalue weighted by Gasteiger charge is -2.13. The van der Waals surface area contributed by atoms with Crippen molar-refractivity contribution >= 4 is 22.2 Å². The molecule has 0 radical (unpaired) electrons. The van der Waals surface area contributed by atoms with Gasteiger partial charge in [0.05, 0.1) is 18.7 Å². The average molecular weight is 335 g/mol. The highest BCUT2D eigenvalue weighted by atomic mass is 16.5. The molecule has 0 spiro atoms. The third kappa shape index (κ3) is 2.14. The molecule has 0 saturated carbocycles. The highest BCUT2D eigenvalue weighted by Gasteiger charge is 2.17. The molecule has 124 valence electrons. The van der Waals surface area contributed by atoms with Crippen LogP contribution in [-0.2, 0) is 0 Å². The zero-order valence-corrected chi connectivity index (χ0v) is 13.1. The normalized spacial score (nSPS) is 13.9. The number of aromatic nitrogens is 5. The van der Waals surface area contributed by atoms with Crippen LogP contribution in [0.5, 0.6) is 11.5 Å². The maximum Gasteiger partial charge on any atom is 0.333 e. The minimum absolute atomic E-state index is 0.325. The molecule has 5 rings (SSSR count). The lowest BCUT2D eigenvalue weighted by atomic mass is 10.3. The summed E-state index contributed by atoms with van der Waals surface area (Å²) >= 11 is 0. The van der Waals surface area contributed by atoms with Crippen molar-refractivity contribution in [3.05, 3.63) is 47.1 Å². The fraction of sp³-hybridized carbons (Fsp3) is 0.176. The molecule has 0 atom stereocenters. The summed E-state index contributed by atoms with van der Waals surface area (Å²) in [5, 5.41) is 0. The SMILES string of the molecule is O=c1[nH]c2nccc3c2n1-c1ccc2nccc(c2n1)OCCCO3. The van der Waals surface area contributed by atoms with E-state index < -0.39 is 0 Å². The number of imidazole rings is 1. The predicted molar refractivity (Wildman–Crippen MR) is 90.4 cm³/mol. The van der Waals surface area contributed by atoms with Gasteiger partial charge >= 0.3 is 5.69 Å². The lowest BCUT2D eigenvalue weighted by Crippen LogP contribution is -2.17. The van der Waals surface area contributed by atoms with Gasteiger partial charge in [0.1, 0.15) is 28.4 Å². The molecule has 2 bridgehead atoms. The molecule has 25 heavy (non-hydrogen) atoms. The van der Waals surface area contributed by atoms with Gasteiger partial charge in [0.2, 0.25) is 0 Å². The number of nitrogens with zero attached hydrogens (tertiary/aromatic N) is 4. The van der Waals surface area contributed by atoms with Crippen LogP contribution in [0.4, 0.5) is 0 Å². The van der Waals surface area contributed by atoms with Crippen LogP contribution in [-0.4, -0.2) is 37.7 Å². The van der Waals surface area contributed by atoms with Crippen molar-refractivity contribution in [3.63, 3.8) is 0 Å². The van der Waals surface area contributed by atoms with Gasteiger partial charge in [-0.05, 0) is 12.1 Å². The molecule has 1 aliphatic heterocycles. The maximum atomic E-state index is 12.5. The Morgan fingerprint density at radius 3 is 2.72 bits per heavy atom. The number of pyridine rings is 3. The molecule has 0 saturated heterocycles. The van der Waals surface area contributed by atoms with E-state index in [9.17, 15) is 4.79 Å². The Morgan fingerprint density at radius 1 is 1.00 bits per heavy atom. The molecular formula is C17H13N5O3. The number of H-pyrrole nitrogens is 1. The van der Waals surface area contributed by atoms with Crippen molar-refractivity contribution in [2.45, 2.75) is 6.42 Å². The zero-order chi connectivity index (χ0) is 16.8. The first-order valence-corrected chi connectivity index (χ1v) is 7.93. The fourth-order valence-electron chi connectivity index (χ4n) is 2.99. The van der Waals surface area contributed by atoms with Gasteiger partial charge < -0.3 is 9.47 Å². The molecule has 0 unspecified atom stereocenters. The number of ether oxygens (including phenoxy) is 2. The second-order valence-corrected chi connectivity index (χ2v) is 5.67. The van der Waals surface area contributed by atoms with E-state index in [4.69, 9.17) is 9.47 Å². The van der Waals surface area contributed by atoms with Gasteiger partial charge in [0.15, 0.2) is 5.65 Å². The molecule has 1 aliphatic rings. The van der Waals surface area contributed by atoms with Gasteiger partial charge in [0, 0.05) is 30.9 Å². The third-order valence-corrected chi connectivity index (χ3v) is 4.10. The number of aromatic amines is 1. The average Bonchev–Trinajstić information content (AvgIpc) is 2.96. The third-order valence-electron chi connectivity index (χ3n) is 4.10. The summed E-state index contributed by atoms with van der Waals surface area (Å²) in [7, 11) is 0. The monoisotopic (exact) mass is 335 g/mol. The maximum absolute atomic E-state index is 12.5. The second-order valence-electron chi connectivity index (χ2n) is 5.67. The van der Waals surface area contributed by atoms with Gasteiger partial charge in [-0.3, -0.25) is 9.97 Å². The van der Waals surface area contributed by atoms with Crippen LogP contribution in [0.2, 0.25) is 0 Å². The number of hydrogen-bond acceptors (Lipinski definition) is 6. The Morgan fingerprint density at radius 2 is 1.80 bits per heavy atom. The quantitative estimate of drug-likeness (QED) is 0.527. The van der Waals surface area contributed by atoms with Crippen LogP contribution in [0.1, 0.15) is 6.42 Å². The van der Waals surface area contributed by atoms with Crippen molar-refractivity contribution in [1.82, 2.24) is 24.5 Å². The fourth-order valence-corrected chi connectivity index (χ4v) is 2.99. The second kappa shape index (κ2) is 5.30. The Kier molecular flexibility index (Phi) is 2.96. The van der Waals surface area contributed by atoms with E-state index >= 15 is 0 Å². The topological polar surface area (TPSA) is 94.9 Å². The van der Waals surface area contributed by atoms with Gasteiger partial charge in [0.25, 0.3) is 0 Å². The molecule has 4 aromatic rings. The molecule has 0 aliphatic carbocycles. The molecule has 5 heterocycles. The highest BCUT2D eigenvalue weighted by molar-refractivity contribution is 5.83. The number of fused-ring (bicyclic) bond motifs is 2. The summed E-state index contributed by atoms with van der Waals surface area (Å²) in [6.07, 6.45) is 3.99. The van der Waals surface area contributed by atoms with E-state index in [2.05, 4.69) is 19.9 Å². The predicted octanol–water partition coefficient (Wildman–Crippen LogP) is 1.82. The summed E-state index contributed by atoms with van der Waals surface area (Å²) < 4.78 is 13.1. The van der Waals surface area contributed by atoms with Crippen LogP contribution >= 0.6 is 0 Å². The summed E-state index contributed by atoms with van der Waals surface area (Å²) in [5.41, 5.74) is 2.04. The standard InChI is InChI=1S/C17H13N5O3/c23-17-21-16-15-12(5-7-19-16)25-9-1-8-24-11-4-6-18-10-2-3-13(22(15)17)20-14(10)11/h2-7H,1,8-9H2,(H,19,21,23). The van der Waals surface area contributed by atoms with Crippen molar-refractivity contribution in [3.8, 4) is 17.3 Å². The van der Waals surface area contributed by atoms with Gasteiger partial charge in [-0.1, -0.05) is 0 Å². The summed E-state index contributed by atoms with van der Waals surface area (Å²) in [5.74, 6) is 1.68. The number of rotatable bonds is 0. The van der Waals surface area contributed by atoms with E-state index in [1.165, 1.54) is 4.57 Å². The molecule has 8 heteroatoms. The first-order valence-electron chi connectivity index (χ1n) is 7.93. The minimum atomic E-state index is -0.325. The summed E-state index contributed by atoms with van der Waals surface area (Å²) in [6.45, 7) is 0.966. The van der Waals surface area contributed by atoms with E-state index in [0.29, 0.717) is 59.1 Å². The first kappa shape index (κ1) is 14.0. The molecule has 1 N–H and O–H groups in total. The van der Waals surface area contributed by atoms with E-state index in [1.54, 1.807) is 30.6 Å². The van der Waals surface area contributed by atoms with Crippen LogP contribution < -0.4 is 15.2 Å². The number of hydrogen-bond donors (Lipinski definition) is 1. The Balaban J connectivity index is 1.89. The smallest absolute Gasteiger partial charge is 0.333 e. The van der Waals surface area contributed by atoms with Crippen LogP contribution in [0.15, 0.2) is 41.5 Å². The Labute approximate surface area is 141 Å². The molecule has 0 amide bonds. The van der Waals surface area contributed by atoms with Gasteiger partial charge in [-0.2, -0.15) is 0 Å². The van der Waals surface area contributed by atoms with Crippen molar-refractivity contribution in [2.75, 3.05) is 13.2 Å². The number of nitrogens with one attached hydrogen (secondary N) is 1. The van der Waals surface area contributed by atoms with E-state index in [1.807, 2.05) is 6.07 Å². The zero-order valence-electron chi connectivity index (χ0n) is 13.1. The van der Waals surface area contributed by atoms with Crippen molar-refractivity contribution in [2.24, 2.45) is 0 Å². The lowest BCUT2D eigenvalue weighted by molar-refractivity contribution is 0.249. The van der Waals surface area contributed by atoms with E-state index in [0.717, 1.165) is 0 Å². The van der Waals surface area contributed by atoms with E-state index in [-0.39, 0.29) is 5.69 Å². The molecule has 8 nitrogen and oxygen atoms in total.